The number of likely N-dealkylation sites (tertiary alicyclic amines) is 1. The number of aliphatic hydroxyl groups is 1. The second-order valence-electron chi connectivity index (χ2n) is 17.8. The summed E-state index contributed by atoms with van der Waals surface area (Å²) in [7, 11) is 0. The number of hydrogen-bond acceptors (Lipinski definition) is 13. The molecule has 2 aromatic heterocycles. The van der Waals surface area contributed by atoms with Crippen molar-refractivity contribution in [1.82, 2.24) is 41.0 Å². The Morgan fingerprint density at radius 2 is 1.58 bits per heavy atom. The van der Waals surface area contributed by atoms with Crippen molar-refractivity contribution in [2.45, 2.75) is 115 Å². The Balaban J connectivity index is 0.817. The van der Waals surface area contributed by atoms with Gasteiger partial charge in [0.25, 0.3) is 5.56 Å². The van der Waals surface area contributed by atoms with Gasteiger partial charge in [0.05, 0.1) is 61.2 Å². The van der Waals surface area contributed by atoms with E-state index >= 15 is 4.39 Å². The van der Waals surface area contributed by atoms with E-state index in [1.165, 1.54) is 15.5 Å². The first-order valence-electron chi connectivity index (χ1n) is 23.4. The monoisotopic (exact) mass is 954 g/mol. The van der Waals surface area contributed by atoms with Crippen LogP contribution >= 0.6 is 0 Å². The van der Waals surface area contributed by atoms with Crippen molar-refractivity contribution in [2.75, 3.05) is 45.9 Å². The third-order valence-corrected chi connectivity index (χ3v) is 13.4. The summed E-state index contributed by atoms with van der Waals surface area (Å²) in [5, 5.41) is 24.7. The van der Waals surface area contributed by atoms with Gasteiger partial charge in [-0.1, -0.05) is 19.3 Å². The summed E-state index contributed by atoms with van der Waals surface area (Å²) in [6, 6.07) is 2.31. The van der Waals surface area contributed by atoms with Crippen LogP contribution in [0.5, 0.6) is 0 Å². The first-order chi connectivity index (χ1) is 33.2. The lowest BCUT2D eigenvalue weighted by Crippen LogP contribution is -2.47. The molecule has 3 aromatic rings. The Hall–Kier alpha value is -6.76. The van der Waals surface area contributed by atoms with Crippen LogP contribution in [-0.4, -0.2) is 119 Å². The van der Waals surface area contributed by atoms with E-state index in [0.717, 1.165) is 37.7 Å². The number of pyridine rings is 2. The van der Waals surface area contributed by atoms with Gasteiger partial charge in [-0.05, 0) is 81.0 Å². The van der Waals surface area contributed by atoms with E-state index < -0.39 is 96.9 Å². The number of hydrogen-bond donors (Lipinski definition) is 6. The molecule has 3 aliphatic heterocycles. The van der Waals surface area contributed by atoms with Crippen LogP contribution in [0.15, 0.2) is 16.9 Å². The molecule has 2 unspecified atom stereocenters. The smallest absolute Gasteiger partial charge is 0.343 e. The van der Waals surface area contributed by atoms with E-state index in [4.69, 9.17) is 19.2 Å². The van der Waals surface area contributed by atoms with E-state index in [1.807, 2.05) is 0 Å². The zero-order chi connectivity index (χ0) is 49.0. The van der Waals surface area contributed by atoms with Gasteiger partial charge < -0.3 is 55.4 Å². The maximum atomic E-state index is 15.4. The number of aryl methyl sites for hydroxylation is 1. The number of carbonyl (C=O) groups is 7. The average molecular weight is 955 g/mol. The van der Waals surface area contributed by atoms with Crippen LogP contribution in [-0.2, 0) is 72.9 Å². The van der Waals surface area contributed by atoms with Crippen LogP contribution in [0.2, 0.25) is 0 Å². The Morgan fingerprint density at radius 3 is 2.32 bits per heavy atom. The number of nitrogens with zero attached hydrogens (tertiary/aromatic N) is 3. The summed E-state index contributed by atoms with van der Waals surface area (Å²) in [5.74, 6) is 1.29. The van der Waals surface area contributed by atoms with Crippen molar-refractivity contribution in [1.29, 1.82) is 0 Å². The number of benzene rings is 1. The number of amides is 6. The molecule has 6 N–H and O–H groups in total. The average Bonchev–Trinajstić information content (AvgIpc) is 3.96. The molecule has 2 aliphatic carbocycles. The molecule has 69 heavy (non-hydrogen) atoms. The van der Waals surface area contributed by atoms with Crippen LogP contribution < -0.4 is 32.1 Å². The standard InChI is InChI=1S/C48H55FN8O12/c1-3-48(66)31-16-35-45-29(22-57(35)46(64)30(31)23-69-47(48)65)44-33(14-13-28-26(2)32(49)17-34(55-45)43(28)44)54-40(62)25-68-42-12-9-15-56(42)41(63)21-53-38(60)19-51-36(58)18-50-37(59)20-52-39(61)24-67-27-10-7-5-4-6-8-11-27/h16-17,27,33,42,66H,3-7,9-10,12-15,18-25H2,1-2H3,(H,50,59)(H,51,58)(H,52,61)(H,53,60)(H,54,62)/t27?,33-,42?,48-/m0/s1. The summed E-state index contributed by atoms with van der Waals surface area (Å²) >= 11 is 0. The van der Waals surface area contributed by atoms with Crippen molar-refractivity contribution >= 4 is 52.3 Å². The number of ether oxygens (including phenoxy) is 3. The highest BCUT2D eigenvalue weighted by Crippen LogP contribution is 2.46. The fourth-order valence-corrected chi connectivity index (χ4v) is 9.63. The zero-order valence-corrected chi connectivity index (χ0v) is 38.5. The third-order valence-electron chi connectivity index (χ3n) is 13.4. The second kappa shape index (κ2) is 20.9. The fourth-order valence-electron chi connectivity index (χ4n) is 9.63. The third kappa shape index (κ3) is 10.3. The molecule has 20 nitrogen and oxygen atoms in total. The van der Waals surface area contributed by atoms with Crippen LogP contribution in [0.1, 0.15) is 104 Å². The van der Waals surface area contributed by atoms with E-state index in [2.05, 4.69) is 38.4 Å². The normalized spacial score (nSPS) is 21.0. The zero-order valence-electron chi connectivity index (χ0n) is 38.5. The van der Waals surface area contributed by atoms with Gasteiger partial charge in [-0.25, -0.2) is 14.2 Å². The molecule has 366 valence electrons. The number of nitrogens with one attached hydrogen (secondary N) is 5. The number of aromatic nitrogens is 2. The van der Waals surface area contributed by atoms with Crippen molar-refractivity contribution in [2.24, 2.45) is 0 Å². The second-order valence-corrected chi connectivity index (χ2v) is 17.8. The lowest BCUT2D eigenvalue weighted by atomic mass is 9.81. The van der Waals surface area contributed by atoms with E-state index in [9.17, 15) is 43.5 Å². The topological polar surface area (TPSA) is 266 Å². The Kier molecular flexibility index (Phi) is 14.7. The molecule has 5 aliphatic rings. The van der Waals surface area contributed by atoms with Gasteiger partial charge in [0, 0.05) is 35.5 Å². The molecule has 0 spiro atoms. The molecule has 1 aromatic carbocycles. The highest BCUT2D eigenvalue weighted by Gasteiger charge is 2.46. The SMILES string of the molecule is CC[C@@]1(O)C(=O)OCc2c1cc1n(c2=O)Cc2c-1nc1cc(F)c(C)c3c1c2[C@@H](NC(=O)COC1CCCN1C(=O)CNC(=O)CNC(=O)CNC(=O)CNC(=O)COC1C#CCCCCC1)CC3. The number of halogens is 1. The van der Waals surface area contributed by atoms with E-state index in [-0.39, 0.29) is 50.0 Å². The van der Waals surface area contributed by atoms with Gasteiger partial charge in [0.2, 0.25) is 35.4 Å². The molecular weight excluding hydrogens is 900 g/mol. The minimum atomic E-state index is -2.04. The summed E-state index contributed by atoms with van der Waals surface area (Å²) in [4.78, 5) is 109. The molecule has 0 saturated carbocycles. The summed E-state index contributed by atoms with van der Waals surface area (Å²) < 4.78 is 33.6. The number of carbonyl (C=O) groups excluding carboxylic acids is 7. The first-order valence-corrected chi connectivity index (χ1v) is 23.4. The highest BCUT2D eigenvalue weighted by atomic mass is 19.1. The van der Waals surface area contributed by atoms with Crippen LogP contribution in [0, 0.1) is 24.6 Å². The van der Waals surface area contributed by atoms with Crippen molar-refractivity contribution in [3.63, 3.8) is 0 Å². The maximum Gasteiger partial charge on any atom is 0.343 e. The number of esters is 1. The van der Waals surface area contributed by atoms with Gasteiger partial charge in [0.15, 0.2) is 5.60 Å². The molecule has 1 saturated heterocycles. The minimum Gasteiger partial charge on any atom is -0.458 e. The Bertz CT molecular complexity index is 2750. The summed E-state index contributed by atoms with van der Waals surface area (Å²) in [6.07, 6.45) is 5.28. The van der Waals surface area contributed by atoms with Crippen molar-refractivity contribution in [3.05, 3.63) is 61.7 Å². The number of fused-ring (bicyclic) bond motifs is 5. The molecule has 1 fully saturated rings. The fraction of sp³-hybridized carbons (Fsp3) is 0.521. The van der Waals surface area contributed by atoms with Gasteiger partial charge in [-0.2, -0.15) is 0 Å². The van der Waals surface area contributed by atoms with Gasteiger partial charge in [-0.3, -0.25) is 33.6 Å². The Morgan fingerprint density at radius 1 is 0.870 bits per heavy atom. The predicted octanol–water partition coefficient (Wildman–Crippen LogP) is 0.413. The number of rotatable bonds is 16. The molecule has 6 amide bonds. The van der Waals surface area contributed by atoms with E-state index in [0.29, 0.717) is 71.2 Å². The molecule has 5 heterocycles. The van der Waals surface area contributed by atoms with Crippen molar-refractivity contribution < 1.29 is 57.3 Å². The lowest BCUT2D eigenvalue weighted by molar-refractivity contribution is -0.172. The van der Waals surface area contributed by atoms with E-state index in [1.54, 1.807) is 19.9 Å². The van der Waals surface area contributed by atoms with Crippen LogP contribution in [0.3, 0.4) is 0 Å². The molecule has 4 atom stereocenters. The molecule has 0 bridgehead atoms. The molecule has 21 heteroatoms. The first kappa shape index (κ1) is 48.7. The predicted molar refractivity (Wildman–Crippen MR) is 242 cm³/mol. The highest BCUT2D eigenvalue weighted by molar-refractivity contribution is 5.94. The van der Waals surface area contributed by atoms with Gasteiger partial charge >= 0.3 is 5.97 Å². The molecular formula is C48H55FN8O12. The summed E-state index contributed by atoms with van der Waals surface area (Å²) in [5.41, 5.74) is 1.37. The summed E-state index contributed by atoms with van der Waals surface area (Å²) in [6.45, 7) is 0.985. The largest absolute Gasteiger partial charge is 0.458 e. The van der Waals surface area contributed by atoms with Crippen molar-refractivity contribution in [3.8, 4) is 23.2 Å². The lowest BCUT2D eigenvalue weighted by Gasteiger charge is -2.31. The number of cyclic esters (lactones) is 1. The van der Waals surface area contributed by atoms with Gasteiger partial charge in [0.1, 0.15) is 38.0 Å². The molecule has 8 rings (SSSR count). The Labute approximate surface area is 395 Å². The molecule has 0 radical (unpaired) electrons. The van der Waals surface area contributed by atoms with Gasteiger partial charge in [-0.15, -0.1) is 5.92 Å². The maximum absolute atomic E-state index is 15.4. The minimum absolute atomic E-state index is 0.0369. The van der Waals surface area contributed by atoms with Crippen LogP contribution in [0.4, 0.5) is 4.39 Å². The van der Waals surface area contributed by atoms with Crippen LogP contribution in [0.25, 0.3) is 22.3 Å². The quantitative estimate of drug-likeness (QED) is 0.0658.